The van der Waals surface area contributed by atoms with Crippen LogP contribution in [-0.4, -0.2) is 8.24 Å². The van der Waals surface area contributed by atoms with Crippen molar-refractivity contribution in [3.63, 3.8) is 0 Å². The normalized spacial score (nSPS) is 9.50. The first-order valence-electron chi connectivity index (χ1n) is 2.75. The molecule has 0 atom stereocenters. The summed E-state index contributed by atoms with van der Waals surface area (Å²) in [5, 5.41) is 0. The fourth-order valence-electron chi connectivity index (χ4n) is 0.250. The van der Waals surface area contributed by atoms with E-state index >= 15 is 0 Å². The SMILES string of the molecule is CC#CN[Si](C)(C)C. The van der Waals surface area contributed by atoms with E-state index in [1.165, 1.54) is 0 Å². The molecule has 0 heterocycles. The van der Waals surface area contributed by atoms with Crippen molar-refractivity contribution in [3.05, 3.63) is 0 Å². The van der Waals surface area contributed by atoms with Crippen LogP contribution < -0.4 is 4.98 Å². The van der Waals surface area contributed by atoms with E-state index < -0.39 is 8.24 Å². The van der Waals surface area contributed by atoms with Crippen LogP contribution in [-0.2, 0) is 0 Å². The number of nitrogens with one attached hydrogen (secondary N) is 1. The Labute approximate surface area is 52.6 Å². The van der Waals surface area contributed by atoms with Gasteiger partial charge < -0.3 is 4.98 Å². The second-order valence-corrected chi connectivity index (χ2v) is 7.50. The fraction of sp³-hybridized carbons (Fsp3) is 0.667. The van der Waals surface area contributed by atoms with Crippen LogP contribution in [0.1, 0.15) is 6.92 Å². The number of hydrogen-bond donors (Lipinski definition) is 1. The first-order valence-corrected chi connectivity index (χ1v) is 6.25. The summed E-state index contributed by atoms with van der Waals surface area (Å²) in [6.07, 6.45) is 0. The Morgan fingerprint density at radius 3 is 1.88 bits per heavy atom. The van der Waals surface area contributed by atoms with Gasteiger partial charge in [-0.25, -0.2) is 0 Å². The summed E-state index contributed by atoms with van der Waals surface area (Å²) in [6.45, 7) is 8.50. The van der Waals surface area contributed by atoms with E-state index in [1.807, 2.05) is 6.92 Å². The Balaban J connectivity index is 3.50. The molecule has 8 heavy (non-hydrogen) atoms. The molecule has 0 fully saturated rings. The Morgan fingerprint density at radius 2 is 1.75 bits per heavy atom. The maximum Gasteiger partial charge on any atom is 0.153 e. The Bertz CT molecular complexity index is 113. The first-order chi connectivity index (χ1) is 3.56. The van der Waals surface area contributed by atoms with E-state index in [1.54, 1.807) is 0 Å². The van der Waals surface area contributed by atoms with Crippen LogP contribution in [0, 0.1) is 12.0 Å². The summed E-state index contributed by atoms with van der Waals surface area (Å²) in [6, 6.07) is 2.85. The average Bonchev–Trinajstić information content (AvgIpc) is 1.59. The van der Waals surface area contributed by atoms with Crippen LogP contribution in [0.2, 0.25) is 19.6 Å². The van der Waals surface area contributed by atoms with Gasteiger partial charge in [0.05, 0.1) is 0 Å². The van der Waals surface area contributed by atoms with Crippen LogP contribution in [0.4, 0.5) is 0 Å². The zero-order valence-electron chi connectivity index (χ0n) is 6.00. The van der Waals surface area contributed by atoms with Gasteiger partial charge in [-0.3, -0.25) is 0 Å². The molecule has 1 nitrogen and oxygen atoms in total. The lowest BCUT2D eigenvalue weighted by Crippen LogP contribution is -2.37. The van der Waals surface area contributed by atoms with Crippen molar-refractivity contribution < 1.29 is 0 Å². The zero-order chi connectivity index (χ0) is 6.62. The maximum absolute atomic E-state index is 3.15. The minimum atomic E-state index is -1.10. The lowest BCUT2D eigenvalue weighted by atomic mass is 10.8. The van der Waals surface area contributed by atoms with E-state index in [0.717, 1.165) is 0 Å². The van der Waals surface area contributed by atoms with Crippen LogP contribution in [0.5, 0.6) is 0 Å². The molecular weight excluding hydrogens is 114 g/mol. The number of rotatable bonds is 1. The molecule has 0 aromatic rings. The Morgan fingerprint density at radius 1 is 1.25 bits per heavy atom. The summed E-state index contributed by atoms with van der Waals surface area (Å²) in [5.41, 5.74) is 0. The molecule has 0 radical (unpaired) electrons. The molecule has 0 spiro atoms. The smallest absolute Gasteiger partial charge is 0.153 e. The van der Waals surface area contributed by atoms with E-state index in [2.05, 4.69) is 36.6 Å². The molecule has 0 rings (SSSR count). The molecule has 0 unspecified atom stereocenters. The van der Waals surface area contributed by atoms with Crippen molar-refractivity contribution in [2.45, 2.75) is 26.6 Å². The van der Waals surface area contributed by atoms with Crippen molar-refractivity contribution in [3.8, 4) is 12.0 Å². The predicted molar refractivity (Wildman–Crippen MR) is 39.9 cm³/mol. The first kappa shape index (κ1) is 7.58. The van der Waals surface area contributed by atoms with Crippen LogP contribution in [0.3, 0.4) is 0 Å². The summed E-state index contributed by atoms with van der Waals surface area (Å²) < 4.78 is 0. The predicted octanol–water partition coefficient (Wildman–Crippen LogP) is 1.39. The van der Waals surface area contributed by atoms with Crippen LogP contribution in [0.15, 0.2) is 0 Å². The highest BCUT2D eigenvalue weighted by molar-refractivity contribution is 6.74. The molecule has 0 aliphatic heterocycles. The van der Waals surface area contributed by atoms with E-state index in [-0.39, 0.29) is 0 Å². The monoisotopic (exact) mass is 127 g/mol. The quantitative estimate of drug-likeness (QED) is 0.319. The molecule has 0 aromatic heterocycles. The molecule has 0 aromatic carbocycles. The molecule has 1 N–H and O–H groups in total. The third-order valence-electron chi connectivity index (χ3n) is 0.562. The molecule has 46 valence electrons. The van der Waals surface area contributed by atoms with Gasteiger partial charge in [0.1, 0.15) is 0 Å². The van der Waals surface area contributed by atoms with Gasteiger partial charge >= 0.3 is 0 Å². The fourth-order valence-corrected chi connectivity index (χ4v) is 0.750. The van der Waals surface area contributed by atoms with Crippen LogP contribution >= 0.6 is 0 Å². The van der Waals surface area contributed by atoms with Crippen molar-refractivity contribution in [1.29, 1.82) is 0 Å². The second kappa shape index (κ2) is 2.78. The summed E-state index contributed by atoms with van der Waals surface area (Å²) in [7, 11) is -1.10. The Hall–Kier alpha value is -0.423. The standard InChI is InChI=1S/C6H13NSi/c1-5-6-7-8(2,3)4/h7H,1-4H3. The van der Waals surface area contributed by atoms with Crippen molar-refractivity contribution in [1.82, 2.24) is 4.98 Å². The molecular formula is C6H13NSi. The van der Waals surface area contributed by atoms with Crippen molar-refractivity contribution in [2.75, 3.05) is 0 Å². The summed E-state index contributed by atoms with van der Waals surface area (Å²) in [5.74, 6) is 2.80. The molecule has 0 saturated carbocycles. The van der Waals surface area contributed by atoms with Gasteiger partial charge in [-0.2, -0.15) is 0 Å². The third-order valence-corrected chi connectivity index (χ3v) is 1.44. The zero-order valence-corrected chi connectivity index (χ0v) is 7.00. The second-order valence-electron chi connectivity index (χ2n) is 2.75. The molecule has 0 saturated heterocycles. The van der Waals surface area contributed by atoms with Gasteiger partial charge in [-0.1, -0.05) is 25.6 Å². The highest BCUT2D eigenvalue weighted by Crippen LogP contribution is 1.90. The van der Waals surface area contributed by atoms with E-state index in [0.29, 0.717) is 0 Å². The van der Waals surface area contributed by atoms with Crippen molar-refractivity contribution >= 4 is 8.24 Å². The largest absolute Gasteiger partial charge is 0.372 e. The third kappa shape index (κ3) is 5.58. The summed E-state index contributed by atoms with van der Waals surface area (Å²) in [4.78, 5) is 3.15. The van der Waals surface area contributed by atoms with Gasteiger partial charge in [0, 0.05) is 0 Å². The highest BCUT2D eigenvalue weighted by Gasteiger charge is 2.08. The van der Waals surface area contributed by atoms with Gasteiger partial charge in [-0.15, -0.1) is 0 Å². The van der Waals surface area contributed by atoms with Gasteiger partial charge in [0.25, 0.3) is 0 Å². The van der Waals surface area contributed by atoms with Crippen molar-refractivity contribution in [2.24, 2.45) is 0 Å². The maximum atomic E-state index is 3.15. The lowest BCUT2D eigenvalue weighted by molar-refractivity contribution is 1.31. The van der Waals surface area contributed by atoms with Gasteiger partial charge in [-0.05, 0) is 13.0 Å². The van der Waals surface area contributed by atoms with Crippen LogP contribution in [0.25, 0.3) is 0 Å². The lowest BCUT2D eigenvalue weighted by Gasteiger charge is -2.12. The number of hydrogen-bond acceptors (Lipinski definition) is 1. The molecule has 0 aliphatic carbocycles. The van der Waals surface area contributed by atoms with E-state index in [4.69, 9.17) is 0 Å². The average molecular weight is 127 g/mol. The molecule has 0 aliphatic rings. The highest BCUT2D eigenvalue weighted by atomic mass is 28.3. The topological polar surface area (TPSA) is 12.0 Å². The molecule has 0 amide bonds. The molecule has 2 heteroatoms. The van der Waals surface area contributed by atoms with E-state index in [9.17, 15) is 0 Å². The van der Waals surface area contributed by atoms with Gasteiger partial charge in [0.2, 0.25) is 0 Å². The van der Waals surface area contributed by atoms with Gasteiger partial charge in [0.15, 0.2) is 8.24 Å². The minimum Gasteiger partial charge on any atom is -0.372 e. The Kier molecular flexibility index (Phi) is 2.63. The molecule has 0 bridgehead atoms. The summed E-state index contributed by atoms with van der Waals surface area (Å²) >= 11 is 0. The minimum absolute atomic E-state index is 1.10.